The van der Waals surface area contributed by atoms with Crippen LogP contribution >= 0.6 is 0 Å². The third kappa shape index (κ3) is 3.51. The third-order valence-electron chi connectivity index (χ3n) is 3.21. The van der Waals surface area contributed by atoms with Crippen molar-refractivity contribution in [2.24, 2.45) is 0 Å². The molecular weight excluding hydrogens is 273 g/mol. The van der Waals surface area contributed by atoms with E-state index in [2.05, 4.69) is 0 Å². The SMILES string of the molecule is CCN(CC(=O)c1ccc(O)c(O)c1)c1ccc(F)cc1. The summed E-state index contributed by atoms with van der Waals surface area (Å²) in [6.45, 7) is 2.58. The maximum atomic E-state index is 12.9. The van der Waals surface area contributed by atoms with E-state index in [1.807, 2.05) is 6.92 Å². The number of Topliss-reactive ketones (excluding diaryl/α,β-unsaturated/α-hetero) is 1. The number of carbonyl (C=O) groups is 1. The van der Waals surface area contributed by atoms with Crippen molar-refractivity contribution in [2.75, 3.05) is 18.0 Å². The molecule has 0 atom stereocenters. The highest BCUT2D eigenvalue weighted by Crippen LogP contribution is 2.25. The second-order valence-electron chi connectivity index (χ2n) is 4.62. The van der Waals surface area contributed by atoms with Gasteiger partial charge in [0, 0.05) is 17.8 Å². The molecule has 0 heterocycles. The first-order chi connectivity index (χ1) is 10.0. The molecule has 0 aliphatic heterocycles. The maximum absolute atomic E-state index is 12.9. The molecule has 2 aromatic rings. The standard InChI is InChI=1S/C16H16FNO3/c1-2-18(13-6-4-12(17)5-7-13)10-16(21)11-3-8-14(19)15(20)9-11/h3-9,19-20H,2,10H2,1H3. The predicted octanol–water partition coefficient (Wildman–Crippen LogP) is 2.95. The summed E-state index contributed by atoms with van der Waals surface area (Å²) in [5, 5.41) is 18.7. The van der Waals surface area contributed by atoms with Gasteiger partial charge in [-0.3, -0.25) is 4.79 Å². The van der Waals surface area contributed by atoms with Gasteiger partial charge in [0.25, 0.3) is 0 Å². The van der Waals surface area contributed by atoms with Gasteiger partial charge in [-0.15, -0.1) is 0 Å². The minimum atomic E-state index is -0.329. The summed E-state index contributed by atoms with van der Waals surface area (Å²) in [5.41, 5.74) is 1.06. The molecule has 0 unspecified atom stereocenters. The van der Waals surface area contributed by atoms with Crippen LogP contribution in [0, 0.1) is 5.82 Å². The van der Waals surface area contributed by atoms with Crippen LogP contribution in [0.15, 0.2) is 42.5 Å². The third-order valence-corrected chi connectivity index (χ3v) is 3.21. The van der Waals surface area contributed by atoms with E-state index in [0.29, 0.717) is 12.1 Å². The average Bonchev–Trinajstić information content (AvgIpc) is 2.48. The molecule has 4 nitrogen and oxygen atoms in total. The summed E-state index contributed by atoms with van der Waals surface area (Å²) >= 11 is 0. The summed E-state index contributed by atoms with van der Waals surface area (Å²) in [6.07, 6.45) is 0. The van der Waals surface area contributed by atoms with Crippen molar-refractivity contribution in [1.82, 2.24) is 0 Å². The zero-order chi connectivity index (χ0) is 15.4. The maximum Gasteiger partial charge on any atom is 0.182 e. The monoisotopic (exact) mass is 289 g/mol. The number of hydrogen-bond acceptors (Lipinski definition) is 4. The summed E-state index contributed by atoms with van der Waals surface area (Å²) in [4.78, 5) is 14.0. The van der Waals surface area contributed by atoms with Gasteiger partial charge in [-0.05, 0) is 49.4 Å². The van der Waals surface area contributed by atoms with E-state index >= 15 is 0 Å². The van der Waals surface area contributed by atoms with Crippen LogP contribution in [0.1, 0.15) is 17.3 Å². The Bertz CT molecular complexity index is 640. The van der Waals surface area contributed by atoms with Gasteiger partial charge < -0.3 is 15.1 Å². The Morgan fingerprint density at radius 1 is 1.10 bits per heavy atom. The molecule has 2 N–H and O–H groups in total. The number of hydrogen-bond donors (Lipinski definition) is 2. The normalized spacial score (nSPS) is 10.4. The minimum absolute atomic E-state index is 0.104. The fourth-order valence-corrected chi connectivity index (χ4v) is 2.00. The van der Waals surface area contributed by atoms with Gasteiger partial charge in [-0.2, -0.15) is 0 Å². The Balaban J connectivity index is 2.15. The number of phenols is 2. The second kappa shape index (κ2) is 6.26. The lowest BCUT2D eigenvalue weighted by Crippen LogP contribution is -2.29. The first kappa shape index (κ1) is 14.8. The molecule has 5 heteroatoms. The zero-order valence-corrected chi connectivity index (χ0v) is 11.6. The van der Waals surface area contributed by atoms with Gasteiger partial charge in [0.05, 0.1) is 6.54 Å². The number of halogens is 1. The minimum Gasteiger partial charge on any atom is -0.504 e. The van der Waals surface area contributed by atoms with Gasteiger partial charge >= 0.3 is 0 Å². The number of rotatable bonds is 5. The molecule has 0 amide bonds. The Hall–Kier alpha value is -2.56. The lowest BCUT2D eigenvalue weighted by molar-refractivity contribution is 0.0999. The van der Waals surface area contributed by atoms with Crippen molar-refractivity contribution in [3.8, 4) is 11.5 Å². The Morgan fingerprint density at radius 3 is 2.33 bits per heavy atom. The summed E-state index contributed by atoms with van der Waals surface area (Å²) in [6, 6.07) is 9.87. The number of carbonyl (C=O) groups excluding carboxylic acids is 1. The lowest BCUT2D eigenvalue weighted by atomic mass is 10.1. The molecule has 0 saturated carbocycles. The first-order valence-electron chi connectivity index (χ1n) is 6.57. The molecular formula is C16H16FNO3. The number of aromatic hydroxyl groups is 2. The number of phenolic OH excluding ortho intramolecular Hbond substituents is 2. The van der Waals surface area contributed by atoms with Crippen LogP contribution in [0.2, 0.25) is 0 Å². The highest BCUT2D eigenvalue weighted by molar-refractivity contribution is 5.99. The summed E-state index contributed by atoms with van der Waals surface area (Å²) in [7, 11) is 0. The van der Waals surface area contributed by atoms with Crippen molar-refractivity contribution < 1.29 is 19.4 Å². The molecule has 0 radical (unpaired) electrons. The molecule has 0 aliphatic carbocycles. The van der Waals surface area contributed by atoms with Crippen molar-refractivity contribution in [1.29, 1.82) is 0 Å². The fraction of sp³-hybridized carbons (Fsp3) is 0.188. The largest absolute Gasteiger partial charge is 0.504 e. The predicted molar refractivity (Wildman–Crippen MR) is 78.4 cm³/mol. The van der Waals surface area contributed by atoms with Gasteiger partial charge in [0.15, 0.2) is 17.3 Å². The van der Waals surface area contributed by atoms with Gasteiger partial charge in [0.1, 0.15) is 5.82 Å². The van der Waals surface area contributed by atoms with E-state index < -0.39 is 0 Å². The van der Waals surface area contributed by atoms with Crippen LogP contribution in [0.5, 0.6) is 11.5 Å². The molecule has 0 bridgehead atoms. The molecule has 2 aromatic carbocycles. The Kier molecular flexibility index (Phi) is 4.42. The first-order valence-corrected chi connectivity index (χ1v) is 6.57. The van der Waals surface area contributed by atoms with Crippen LogP contribution in [0.4, 0.5) is 10.1 Å². The van der Waals surface area contributed by atoms with Crippen molar-refractivity contribution in [2.45, 2.75) is 6.92 Å². The van der Waals surface area contributed by atoms with E-state index in [9.17, 15) is 19.4 Å². The number of anilines is 1. The Morgan fingerprint density at radius 2 is 1.76 bits per heavy atom. The second-order valence-corrected chi connectivity index (χ2v) is 4.62. The van der Waals surface area contributed by atoms with Gasteiger partial charge in [-0.25, -0.2) is 4.39 Å². The molecule has 0 aliphatic rings. The van der Waals surface area contributed by atoms with Crippen LogP contribution < -0.4 is 4.90 Å². The van der Waals surface area contributed by atoms with Crippen molar-refractivity contribution in [3.05, 3.63) is 53.8 Å². The number of ketones is 1. The van der Waals surface area contributed by atoms with Crippen LogP contribution in [0.25, 0.3) is 0 Å². The van der Waals surface area contributed by atoms with Gasteiger partial charge in [0.2, 0.25) is 0 Å². The summed E-state index contributed by atoms with van der Waals surface area (Å²) < 4.78 is 12.9. The molecule has 2 rings (SSSR count). The lowest BCUT2D eigenvalue weighted by Gasteiger charge is -2.22. The number of nitrogens with zero attached hydrogens (tertiary/aromatic N) is 1. The fourth-order valence-electron chi connectivity index (χ4n) is 2.00. The van der Waals surface area contributed by atoms with Gasteiger partial charge in [-0.1, -0.05) is 0 Å². The highest BCUT2D eigenvalue weighted by atomic mass is 19.1. The molecule has 0 spiro atoms. The summed E-state index contributed by atoms with van der Waals surface area (Å²) in [5.74, 6) is -1.12. The van der Waals surface area contributed by atoms with E-state index in [1.54, 1.807) is 17.0 Å². The van der Waals surface area contributed by atoms with Crippen LogP contribution in [0.3, 0.4) is 0 Å². The number of likely N-dealkylation sites (N-methyl/N-ethyl adjacent to an activating group) is 1. The van der Waals surface area contributed by atoms with E-state index in [-0.39, 0.29) is 29.6 Å². The van der Waals surface area contributed by atoms with Crippen LogP contribution in [-0.2, 0) is 0 Å². The van der Waals surface area contributed by atoms with Crippen LogP contribution in [-0.4, -0.2) is 29.1 Å². The highest BCUT2D eigenvalue weighted by Gasteiger charge is 2.13. The quantitative estimate of drug-likeness (QED) is 0.656. The van der Waals surface area contributed by atoms with Crippen molar-refractivity contribution >= 4 is 11.5 Å². The molecule has 21 heavy (non-hydrogen) atoms. The van der Waals surface area contributed by atoms with Crippen molar-refractivity contribution in [3.63, 3.8) is 0 Å². The van der Waals surface area contributed by atoms with E-state index in [1.165, 1.54) is 30.3 Å². The molecule has 0 saturated heterocycles. The smallest absolute Gasteiger partial charge is 0.182 e. The molecule has 110 valence electrons. The van der Waals surface area contributed by atoms with E-state index in [4.69, 9.17) is 0 Å². The zero-order valence-electron chi connectivity index (χ0n) is 11.6. The average molecular weight is 289 g/mol. The Labute approximate surface area is 122 Å². The molecule has 0 aromatic heterocycles. The van der Waals surface area contributed by atoms with E-state index in [0.717, 1.165) is 5.69 Å². The topological polar surface area (TPSA) is 60.8 Å². The number of benzene rings is 2. The molecule has 0 fully saturated rings.